The van der Waals surface area contributed by atoms with Crippen molar-refractivity contribution in [1.82, 2.24) is 15.6 Å². The Morgan fingerprint density at radius 3 is 2.85 bits per heavy atom. The summed E-state index contributed by atoms with van der Waals surface area (Å²) in [6.07, 6.45) is 2.62. The smallest absolute Gasteiger partial charge is 0.191 e. The van der Waals surface area contributed by atoms with Crippen molar-refractivity contribution in [3.05, 3.63) is 58.6 Å². The van der Waals surface area contributed by atoms with E-state index in [0.717, 1.165) is 47.5 Å². The number of ether oxygens (including phenoxy) is 1. The van der Waals surface area contributed by atoms with Crippen LogP contribution >= 0.6 is 35.3 Å². The third kappa shape index (κ3) is 7.74. The molecule has 0 amide bonds. The SMILES string of the molecule is C=CCOc1ccccc1CN=C(NCC)NCCc1csc(C)n1.I. The first-order valence-electron chi connectivity index (χ1n) is 8.47. The molecule has 1 aromatic heterocycles. The number of guanidine groups is 1. The van der Waals surface area contributed by atoms with E-state index in [-0.39, 0.29) is 24.0 Å². The molecule has 2 rings (SSSR count). The Balaban J connectivity index is 0.00000338. The Bertz CT molecular complexity index is 702. The van der Waals surface area contributed by atoms with Gasteiger partial charge in [0, 0.05) is 30.5 Å². The summed E-state index contributed by atoms with van der Waals surface area (Å²) in [6, 6.07) is 7.95. The molecule has 0 bridgehead atoms. The summed E-state index contributed by atoms with van der Waals surface area (Å²) >= 11 is 1.68. The second-order valence-corrected chi connectivity index (χ2v) is 6.50. The van der Waals surface area contributed by atoms with Gasteiger partial charge in [0.1, 0.15) is 12.4 Å². The zero-order valence-electron chi connectivity index (χ0n) is 15.3. The van der Waals surface area contributed by atoms with Gasteiger partial charge in [-0.05, 0) is 19.9 Å². The summed E-state index contributed by atoms with van der Waals surface area (Å²) in [6.45, 7) is 10.4. The lowest BCUT2D eigenvalue weighted by Crippen LogP contribution is -2.38. The van der Waals surface area contributed by atoms with E-state index in [4.69, 9.17) is 4.74 Å². The molecule has 0 spiro atoms. The molecule has 0 unspecified atom stereocenters. The van der Waals surface area contributed by atoms with Crippen LogP contribution in [0.2, 0.25) is 0 Å². The molecule has 142 valence electrons. The molecular formula is C19H27IN4OS. The lowest BCUT2D eigenvalue weighted by atomic mass is 10.2. The molecule has 26 heavy (non-hydrogen) atoms. The molecule has 0 aliphatic heterocycles. The van der Waals surface area contributed by atoms with Crippen LogP contribution in [0.5, 0.6) is 5.75 Å². The number of para-hydroxylation sites is 1. The van der Waals surface area contributed by atoms with Gasteiger partial charge in [0.05, 0.1) is 17.2 Å². The first kappa shape index (κ1) is 22.4. The molecule has 1 heterocycles. The average molecular weight is 486 g/mol. The molecular weight excluding hydrogens is 459 g/mol. The van der Waals surface area contributed by atoms with E-state index >= 15 is 0 Å². The van der Waals surface area contributed by atoms with E-state index in [0.29, 0.717) is 13.2 Å². The number of rotatable bonds is 9. The zero-order valence-corrected chi connectivity index (χ0v) is 18.5. The maximum Gasteiger partial charge on any atom is 0.191 e. The van der Waals surface area contributed by atoms with Gasteiger partial charge in [-0.25, -0.2) is 9.98 Å². The predicted molar refractivity (Wildman–Crippen MR) is 121 cm³/mol. The van der Waals surface area contributed by atoms with Crippen LogP contribution in [0.25, 0.3) is 0 Å². The molecule has 2 aromatic rings. The maximum atomic E-state index is 5.68. The number of aliphatic imine (C=N–C) groups is 1. The highest BCUT2D eigenvalue weighted by molar-refractivity contribution is 14.0. The molecule has 0 saturated carbocycles. The fourth-order valence-corrected chi connectivity index (χ4v) is 2.91. The van der Waals surface area contributed by atoms with Gasteiger partial charge in [0.15, 0.2) is 5.96 Å². The van der Waals surface area contributed by atoms with Gasteiger partial charge in [-0.15, -0.1) is 35.3 Å². The summed E-state index contributed by atoms with van der Waals surface area (Å²) in [5.74, 6) is 1.65. The summed E-state index contributed by atoms with van der Waals surface area (Å²) in [4.78, 5) is 9.14. The third-order valence-electron chi connectivity index (χ3n) is 3.42. The van der Waals surface area contributed by atoms with Crippen LogP contribution < -0.4 is 15.4 Å². The van der Waals surface area contributed by atoms with Crippen molar-refractivity contribution in [2.45, 2.75) is 26.8 Å². The summed E-state index contributed by atoms with van der Waals surface area (Å²) in [5, 5.41) is 9.84. The van der Waals surface area contributed by atoms with Crippen LogP contribution in [-0.4, -0.2) is 30.6 Å². The van der Waals surface area contributed by atoms with Gasteiger partial charge in [-0.2, -0.15) is 0 Å². The molecule has 1 aromatic carbocycles. The number of benzene rings is 1. The second-order valence-electron chi connectivity index (χ2n) is 5.44. The Morgan fingerprint density at radius 1 is 1.35 bits per heavy atom. The van der Waals surface area contributed by atoms with Crippen molar-refractivity contribution >= 4 is 41.3 Å². The van der Waals surface area contributed by atoms with Crippen molar-refractivity contribution in [2.24, 2.45) is 4.99 Å². The van der Waals surface area contributed by atoms with Crippen molar-refractivity contribution in [1.29, 1.82) is 0 Å². The largest absolute Gasteiger partial charge is 0.489 e. The van der Waals surface area contributed by atoms with Crippen molar-refractivity contribution < 1.29 is 4.74 Å². The van der Waals surface area contributed by atoms with Crippen molar-refractivity contribution in [3.63, 3.8) is 0 Å². The molecule has 2 N–H and O–H groups in total. The maximum absolute atomic E-state index is 5.68. The Hall–Kier alpha value is -1.61. The van der Waals surface area contributed by atoms with Crippen LogP contribution in [0.1, 0.15) is 23.2 Å². The van der Waals surface area contributed by atoms with E-state index in [2.05, 4.69) is 39.5 Å². The molecule has 0 radical (unpaired) electrons. The van der Waals surface area contributed by atoms with E-state index in [9.17, 15) is 0 Å². The number of nitrogens with one attached hydrogen (secondary N) is 2. The molecule has 0 fully saturated rings. The summed E-state index contributed by atoms with van der Waals surface area (Å²) in [5.41, 5.74) is 2.17. The van der Waals surface area contributed by atoms with Gasteiger partial charge < -0.3 is 15.4 Å². The number of hydrogen-bond acceptors (Lipinski definition) is 4. The Kier molecular flexibility index (Phi) is 11.0. The van der Waals surface area contributed by atoms with Crippen LogP contribution in [0.4, 0.5) is 0 Å². The van der Waals surface area contributed by atoms with Crippen LogP contribution in [0.3, 0.4) is 0 Å². The van der Waals surface area contributed by atoms with Gasteiger partial charge >= 0.3 is 0 Å². The minimum Gasteiger partial charge on any atom is -0.489 e. The first-order valence-corrected chi connectivity index (χ1v) is 9.35. The van der Waals surface area contributed by atoms with Gasteiger partial charge in [0.2, 0.25) is 0 Å². The van der Waals surface area contributed by atoms with E-state index in [1.807, 2.05) is 31.2 Å². The average Bonchev–Trinajstić information content (AvgIpc) is 3.03. The van der Waals surface area contributed by atoms with E-state index in [1.54, 1.807) is 17.4 Å². The predicted octanol–water partition coefficient (Wildman–Crippen LogP) is 3.93. The number of hydrogen-bond donors (Lipinski definition) is 2. The third-order valence-corrected chi connectivity index (χ3v) is 4.24. The lowest BCUT2D eigenvalue weighted by molar-refractivity contribution is 0.359. The fraction of sp³-hybridized carbons (Fsp3) is 0.368. The second kappa shape index (κ2) is 12.7. The molecule has 0 atom stereocenters. The van der Waals surface area contributed by atoms with Crippen LogP contribution in [0, 0.1) is 6.92 Å². The van der Waals surface area contributed by atoms with E-state index < -0.39 is 0 Å². The molecule has 7 heteroatoms. The van der Waals surface area contributed by atoms with E-state index in [1.165, 1.54) is 0 Å². The highest BCUT2D eigenvalue weighted by atomic mass is 127. The van der Waals surface area contributed by atoms with Gasteiger partial charge in [-0.3, -0.25) is 0 Å². The minimum absolute atomic E-state index is 0. The van der Waals surface area contributed by atoms with Crippen molar-refractivity contribution in [3.8, 4) is 5.75 Å². The lowest BCUT2D eigenvalue weighted by Gasteiger charge is -2.12. The quantitative estimate of drug-likeness (QED) is 0.244. The molecule has 5 nitrogen and oxygen atoms in total. The zero-order chi connectivity index (χ0) is 17.9. The van der Waals surface area contributed by atoms with Crippen LogP contribution in [0.15, 0.2) is 47.3 Å². The fourth-order valence-electron chi connectivity index (χ4n) is 2.26. The monoisotopic (exact) mass is 486 g/mol. The standard InChI is InChI=1S/C19H26N4OS.HI/c1-4-12-24-18-9-7-6-8-16(18)13-22-19(20-5-2)21-11-10-17-14-25-15(3)23-17;/h4,6-9,14H,1,5,10-13H2,2-3H3,(H2,20,21,22);1H. The Morgan fingerprint density at radius 2 is 2.15 bits per heavy atom. The number of nitrogens with zero attached hydrogens (tertiary/aromatic N) is 2. The van der Waals surface area contributed by atoms with Gasteiger partial charge in [-0.1, -0.05) is 30.9 Å². The number of thiazole rings is 1. The van der Waals surface area contributed by atoms with Gasteiger partial charge in [0.25, 0.3) is 0 Å². The normalized spacial score (nSPS) is 10.8. The number of halogens is 1. The molecule has 0 aliphatic carbocycles. The van der Waals surface area contributed by atoms with Crippen molar-refractivity contribution in [2.75, 3.05) is 19.7 Å². The Labute approximate surface area is 177 Å². The topological polar surface area (TPSA) is 58.5 Å². The number of aromatic nitrogens is 1. The van der Waals surface area contributed by atoms with Crippen LogP contribution in [-0.2, 0) is 13.0 Å². The first-order chi connectivity index (χ1) is 12.2. The summed E-state index contributed by atoms with van der Waals surface area (Å²) in [7, 11) is 0. The highest BCUT2D eigenvalue weighted by Gasteiger charge is 2.04. The number of aryl methyl sites for hydroxylation is 1. The summed E-state index contributed by atoms with van der Waals surface area (Å²) < 4.78 is 5.68. The minimum atomic E-state index is 0. The molecule has 0 aliphatic rings. The highest BCUT2D eigenvalue weighted by Crippen LogP contribution is 2.18. The molecule has 0 saturated heterocycles.